The lowest BCUT2D eigenvalue weighted by Crippen LogP contribution is -2.12. The van der Waals surface area contributed by atoms with Crippen LogP contribution in [0.15, 0.2) is 0 Å². The second-order valence-electron chi connectivity index (χ2n) is 6.38. The van der Waals surface area contributed by atoms with Gasteiger partial charge in [0.15, 0.2) is 0 Å². The van der Waals surface area contributed by atoms with E-state index in [1.54, 1.807) is 24.6 Å². The molecule has 3 nitrogen and oxygen atoms in total. The summed E-state index contributed by atoms with van der Waals surface area (Å²) in [6.45, 7) is 9.42. The van der Waals surface area contributed by atoms with Gasteiger partial charge >= 0.3 is 0 Å². The SMILES string of the molecule is CCCC[P](CCCC)(CCCC)CCCC.CS(=O)(=O)O. The van der Waals surface area contributed by atoms with Crippen LogP contribution in [-0.4, -0.2) is 43.9 Å². The van der Waals surface area contributed by atoms with Crippen LogP contribution in [0.2, 0.25) is 0 Å². The van der Waals surface area contributed by atoms with Gasteiger partial charge in [0, 0.05) is 0 Å². The molecule has 0 saturated heterocycles. The van der Waals surface area contributed by atoms with E-state index in [4.69, 9.17) is 4.55 Å². The molecule has 0 fully saturated rings. The Balaban J connectivity index is 0. The van der Waals surface area contributed by atoms with Crippen LogP contribution in [-0.2, 0) is 10.1 Å². The Labute approximate surface area is 140 Å². The first-order valence-corrected chi connectivity index (χ1v) is 13.4. The molecule has 1 N–H and O–H groups in total. The van der Waals surface area contributed by atoms with Crippen LogP contribution >= 0.6 is 7.26 Å². The van der Waals surface area contributed by atoms with Crippen molar-refractivity contribution in [2.45, 2.75) is 79.1 Å². The highest BCUT2D eigenvalue weighted by Crippen LogP contribution is 2.61. The smallest absolute Gasteiger partial charge is 0.261 e. The van der Waals surface area contributed by atoms with Gasteiger partial charge < -0.3 is 0 Å². The zero-order valence-electron chi connectivity index (χ0n) is 15.6. The molecule has 0 aliphatic carbocycles. The van der Waals surface area contributed by atoms with Gasteiger partial charge in [-0.15, -0.1) is 7.26 Å². The summed E-state index contributed by atoms with van der Waals surface area (Å²) in [5.41, 5.74) is 0. The minimum atomic E-state index is -3.67. The van der Waals surface area contributed by atoms with Gasteiger partial charge in [-0.2, -0.15) is 8.42 Å². The van der Waals surface area contributed by atoms with Gasteiger partial charge in [-0.1, -0.05) is 53.4 Å². The van der Waals surface area contributed by atoms with Gasteiger partial charge in [0.25, 0.3) is 10.1 Å². The first kappa shape index (κ1) is 24.6. The van der Waals surface area contributed by atoms with Crippen molar-refractivity contribution in [1.29, 1.82) is 0 Å². The van der Waals surface area contributed by atoms with E-state index in [1.165, 1.54) is 51.4 Å². The van der Waals surface area contributed by atoms with E-state index in [9.17, 15) is 8.42 Å². The molecule has 0 aromatic carbocycles. The molecule has 0 rings (SSSR count). The predicted molar refractivity (Wildman–Crippen MR) is 103 cm³/mol. The average molecular weight is 356 g/mol. The van der Waals surface area contributed by atoms with Crippen molar-refractivity contribution in [2.75, 3.05) is 30.9 Å². The summed E-state index contributed by atoms with van der Waals surface area (Å²) in [6, 6.07) is 0. The van der Waals surface area contributed by atoms with E-state index in [1.807, 2.05) is 0 Å². The zero-order valence-corrected chi connectivity index (χ0v) is 17.3. The zero-order chi connectivity index (χ0) is 17.5. The molecule has 5 heteroatoms. The summed E-state index contributed by atoms with van der Waals surface area (Å²) in [6.07, 6.45) is 18.7. The fraction of sp³-hybridized carbons (Fsp3) is 1.00. The minimum absolute atomic E-state index is 0.562. The maximum Gasteiger partial charge on any atom is 0.261 e. The third-order valence-electron chi connectivity index (χ3n) is 3.94. The predicted octanol–water partition coefficient (Wildman–Crippen LogP) is 5.71. The van der Waals surface area contributed by atoms with E-state index in [0.29, 0.717) is 6.26 Å². The number of hydrogen-bond acceptors (Lipinski definition) is 2. The Bertz CT molecular complexity index is 283. The molecule has 0 amide bonds. The van der Waals surface area contributed by atoms with Gasteiger partial charge in [-0.05, 0) is 50.3 Å². The molecule has 0 bridgehead atoms. The number of unbranched alkanes of at least 4 members (excludes halogenated alkanes) is 4. The molecule has 1 radical (unpaired) electrons. The summed E-state index contributed by atoms with van der Waals surface area (Å²) in [5.74, 6) is 0. The van der Waals surface area contributed by atoms with Crippen LogP contribution in [0.25, 0.3) is 0 Å². The van der Waals surface area contributed by atoms with Gasteiger partial charge in [-0.3, -0.25) is 4.55 Å². The topological polar surface area (TPSA) is 54.4 Å². The summed E-state index contributed by atoms with van der Waals surface area (Å²) >= 11 is 0. The van der Waals surface area contributed by atoms with Gasteiger partial charge in [0.1, 0.15) is 0 Å². The quantitative estimate of drug-likeness (QED) is 0.360. The fourth-order valence-corrected chi connectivity index (χ4v) is 7.93. The van der Waals surface area contributed by atoms with Crippen molar-refractivity contribution < 1.29 is 13.0 Å². The highest BCUT2D eigenvalue weighted by Gasteiger charge is 2.24. The molecule has 0 aliphatic rings. The number of rotatable bonds is 12. The highest BCUT2D eigenvalue weighted by molar-refractivity contribution is 7.85. The van der Waals surface area contributed by atoms with Crippen molar-refractivity contribution in [2.24, 2.45) is 0 Å². The van der Waals surface area contributed by atoms with Gasteiger partial charge in [-0.25, -0.2) is 0 Å². The molecular weight excluding hydrogens is 315 g/mol. The third-order valence-corrected chi connectivity index (χ3v) is 9.00. The Morgan fingerprint density at radius 3 is 1.00 bits per heavy atom. The summed E-state index contributed by atoms with van der Waals surface area (Å²) in [5, 5.41) is 0. The normalized spacial score (nSPS) is 11.9. The van der Waals surface area contributed by atoms with Crippen molar-refractivity contribution in [3.63, 3.8) is 0 Å². The van der Waals surface area contributed by atoms with Crippen LogP contribution in [0, 0.1) is 0 Å². The fourth-order valence-electron chi connectivity index (χ4n) is 2.64. The van der Waals surface area contributed by atoms with Crippen LogP contribution in [0.3, 0.4) is 0 Å². The summed E-state index contributed by atoms with van der Waals surface area (Å²) in [7, 11) is -4.23. The van der Waals surface area contributed by atoms with Crippen LogP contribution < -0.4 is 0 Å². The molecule has 0 aliphatic heterocycles. The summed E-state index contributed by atoms with van der Waals surface area (Å²) in [4.78, 5) is 0. The Morgan fingerprint density at radius 1 is 0.682 bits per heavy atom. The molecule has 0 atom stereocenters. The largest absolute Gasteiger partial charge is 0.286 e. The second-order valence-corrected chi connectivity index (χ2v) is 12.3. The minimum Gasteiger partial charge on any atom is -0.286 e. The maximum atomic E-state index is 9.19. The molecule has 0 saturated carbocycles. The monoisotopic (exact) mass is 355 g/mol. The third kappa shape index (κ3) is 18.4. The van der Waals surface area contributed by atoms with Crippen molar-refractivity contribution in [3.05, 3.63) is 0 Å². The van der Waals surface area contributed by atoms with E-state index in [-0.39, 0.29) is 0 Å². The van der Waals surface area contributed by atoms with Crippen molar-refractivity contribution >= 4 is 17.4 Å². The second kappa shape index (κ2) is 14.9. The van der Waals surface area contributed by atoms with Crippen LogP contribution in [0.1, 0.15) is 79.1 Å². The molecule has 0 spiro atoms. The molecule has 0 aromatic heterocycles. The molecule has 0 aromatic rings. The molecule has 0 unspecified atom stereocenters. The Kier molecular flexibility index (Phi) is 16.7. The van der Waals surface area contributed by atoms with Crippen LogP contribution in [0.4, 0.5) is 0 Å². The highest BCUT2D eigenvalue weighted by atomic mass is 32.2. The lowest BCUT2D eigenvalue weighted by molar-refractivity contribution is 0.490. The lowest BCUT2D eigenvalue weighted by Gasteiger charge is -2.37. The molecule has 137 valence electrons. The first-order valence-electron chi connectivity index (χ1n) is 9.02. The molecule has 22 heavy (non-hydrogen) atoms. The molecule has 0 heterocycles. The maximum absolute atomic E-state index is 9.19. The molecular formula is C17H40O3PS. The number of hydrogen-bond donors (Lipinski definition) is 1. The summed E-state index contributed by atoms with van der Waals surface area (Å²) < 4.78 is 25.9. The standard InChI is InChI=1S/C16H36P.CH4O3S/c1-5-9-13-17(14-10-6-2,15-11-7-3)16-12-8-4;1-5(2,3)4/h5-16H2,1-4H3;1H3,(H,2,3,4). The Morgan fingerprint density at radius 2 is 0.864 bits per heavy atom. The Hall–Kier alpha value is 0.340. The van der Waals surface area contributed by atoms with Crippen molar-refractivity contribution in [1.82, 2.24) is 0 Å². The van der Waals surface area contributed by atoms with E-state index >= 15 is 0 Å². The van der Waals surface area contributed by atoms with Crippen molar-refractivity contribution in [3.8, 4) is 0 Å². The van der Waals surface area contributed by atoms with E-state index in [2.05, 4.69) is 27.7 Å². The first-order chi connectivity index (χ1) is 10.2. The average Bonchev–Trinajstić information content (AvgIpc) is 2.44. The van der Waals surface area contributed by atoms with Crippen LogP contribution in [0.5, 0.6) is 0 Å². The van der Waals surface area contributed by atoms with Gasteiger partial charge in [0.2, 0.25) is 0 Å². The van der Waals surface area contributed by atoms with E-state index in [0.717, 1.165) is 0 Å². The lowest BCUT2D eigenvalue weighted by atomic mass is 10.4. The van der Waals surface area contributed by atoms with Gasteiger partial charge in [0.05, 0.1) is 6.26 Å². The van der Waals surface area contributed by atoms with E-state index < -0.39 is 17.4 Å².